The summed E-state index contributed by atoms with van der Waals surface area (Å²) >= 11 is 0. The number of hydrogen-bond donors (Lipinski definition) is 1. The number of ether oxygens (including phenoxy) is 1. The molecule has 16 heavy (non-hydrogen) atoms. The summed E-state index contributed by atoms with van der Waals surface area (Å²) in [6.45, 7) is 8.48. The van der Waals surface area contributed by atoms with Gasteiger partial charge in [-0.2, -0.15) is 0 Å². The van der Waals surface area contributed by atoms with Gasteiger partial charge >= 0.3 is 0 Å². The van der Waals surface area contributed by atoms with Gasteiger partial charge in [0, 0.05) is 7.11 Å². The molecule has 2 nitrogen and oxygen atoms in total. The zero-order valence-electron chi connectivity index (χ0n) is 10.9. The average molecular weight is 221 g/mol. The molecule has 0 radical (unpaired) electrons. The molecule has 0 aliphatic carbocycles. The molecule has 0 bridgehead atoms. The Kier molecular flexibility index (Phi) is 4.51. The number of nitrogens with two attached hydrogens (primary N) is 1. The van der Waals surface area contributed by atoms with Gasteiger partial charge in [0.05, 0.1) is 12.1 Å². The van der Waals surface area contributed by atoms with Gasteiger partial charge in [0.15, 0.2) is 0 Å². The van der Waals surface area contributed by atoms with Crippen LogP contribution in [-0.4, -0.2) is 13.2 Å². The Labute approximate surface area is 98.8 Å². The fraction of sp³-hybridized carbons (Fsp3) is 0.571. The normalized spacial score (nSPS) is 15.2. The van der Waals surface area contributed by atoms with E-state index in [-0.39, 0.29) is 12.1 Å². The Bertz CT molecular complexity index is 347. The second kappa shape index (κ2) is 5.46. The smallest absolute Gasteiger partial charge is 0.0786 e. The van der Waals surface area contributed by atoms with Gasteiger partial charge in [-0.1, -0.05) is 37.6 Å². The first-order valence-electron chi connectivity index (χ1n) is 5.83. The lowest BCUT2D eigenvalue weighted by Crippen LogP contribution is -2.32. The molecule has 0 saturated heterocycles. The van der Waals surface area contributed by atoms with E-state index >= 15 is 0 Å². The maximum Gasteiger partial charge on any atom is 0.0786 e. The van der Waals surface area contributed by atoms with Crippen molar-refractivity contribution in [3.05, 3.63) is 34.9 Å². The summed E-state index contributed by atoms with van der Waals surface area (Å²) in [6, 6.07) is 6.34. The Balaban J connectivity index is 2.99. The zero-order chi connectivity index (χ0) is 12.3. The van der Waals surface area contributed by atoms with E-state index in [4.69, 9.17) is 10.5 Å². The molecule has 0 saturated carbocycles. The minimum Gasteiger partial charge on any atom is -0.379 e. The maximum absolute atomic E-state index is 6.28. The van der Waals surface area contributed by atoms with Crippen molar-refractivity contribution in [2.45, 2.75) is 39.8 Å². The fourth-order valence-corrected chi connectivity index (χ4v) is 2.21. The second-order valence-corrected chi connectivity index (χ2v) is 4.83. The van der Waals surface area contributed by atoms with Gasteiger partial charge in [-0.25, -0.2) is 0 Å². The molecule has 0 spiro atoms. The first kappa shape index (κ1) is 13.2. The molecule has 2 N–H and O–H groups in total. The first-order valence-corrected chi connectivity index (χ1v) is 5.83. The highest BCUT2D eigenvalue weighted by molar-refractivity contribution is 5.33. The Morgan fingerprint density at radius 3 is 2.25 bits per heavy atom. The predicted molar refractivity (Wildman–Crippen MR) is 68.5 cm³/mol. The molecule has 1 rings (SSSR count). The van der Waals surface area contributed by atoms with Gasteiger partial charge < -0.3 is 10.5 Å². The first-order chi connectivity index (χ1) is 7.47. The van der Waals surface area contributed by atoms with Crippen molar-refractivity contribution in [3.8, 4) is 0 Å². The summed E-state index contributed by atoms with van der Waals surface area (Å²) in [5.41, 5.74) is 9.98. The van der Waals surface area contributed by atoms with Crippen LogP contribution in [0.25, 0.3) is 0 Å². The summed E-state index contributed by atoms with van der Waals surface area (Å²) in [7, 11) is 1.73. The van der Waals surface area contributed by atoms with Crippen LogP contribution in [0.3, 0.4) is 0 Å². The molecule has 0 aliphatic rings. The SMILES string of the molecule is COC(C(C)C)C(N)c1ccc(C)cc1C. The minimum atomic E-state index is -0.0504. The van der Waals surface area contributed by atoms with Crippen LogP contribution < -0.4 is 5.73 Å². The molecule has 2 unspecified atom stereocenters. The van der Waals surface area contributed by atoms with Crippen molar-refractivity contribution >= 4 is 0 Å². The minimum absolute atomic E-state index is 0.0504. The van der Waals surface area contributed by atoms with Crippen molar-refractivity contribution in [2.24, 2.45) is 11.7 Å². The Morgan fingerprint density at radius 1 is 1.19 bits per heavy atom. The predicted octanol–water partition coefficient (Wildman–Crippen LogP) is 2.97. The van der Waals surface area contributed by atoms with Crippen LogP contribution in [0, 0.1) is 19.8 Å². The molecule has 0 heterocycles. The third-order valence-corrected chi connectivity index (χ3v) is 3.07. The number of aryl methyl sites for hydroxylation is 2. The Hall–Kier alpha value is -0.860. The average Bonchev–Trinajstić information content (AvgIpc) is 2.17. The Morgan fingerprint density at radius 2 is 1.81 bits per heavy atom. The molecular formula is C14H23NO. The molecule has 0 amide bonds. The van der Waals surface area contributed by atoms with E-state index in [1.54, 1.807) is 7.11 Å². The molecule has 90 valence electrons. The number of methoxy groups -OCH3 is 1. The second-order valence-electron chi connectivity index (χ2n) is 4.83. The van der Waals surface area contributed by atoms with E-state index < -0.39 is 0 Å². The highest BCUT2D eigenvalue weighted by Crippen LogP contribution is 2.25. The molecule has 2 heteroatoms. The molecule has 0 aromatic heterocycles. The van der Waals surface area contributed by atoms with Crippen LogP contribution in [0.15, 0.2) is 18.2 Å². The number of hydrogen-bond acceptors (Lipinski definition) is 2. The monoisotopic (exact) mass is 221 g/mol. The van der Waals surface area contributed by atoms with Gasteiger partial charge in [0.25, 0.3) is 0 Å². The van der Waals surface area contributed by atoms with Crippen molar-refractivity contribution in [3.63, 3.8) is 0 Å². The van der Waals surface area contributed by atoms with Crippen molar-refractivity contribution in [1.82, 2.24) is 0 Å². The topological polar surface area (TPSA) is 35.2 Å². The molecular weight excluding hydrogens is 198 g/mol. The lowest BCUT2D eigenvalue weighted by atomic mass is 9.91. The van der Waals surface area contributed by atoms with Gasteiger partial charge in [0.2, 0.25) is 0 Å². The molecule has 1 aromatic rings. The maximum atomic E-state index is 6.28. The van der Waals surface area contributed by atoms with E-state index in [9.17, 15) is 0 Å². The fourth-order valence-electron chi connectivity index (χ4n) is 2.21. The van der Waals surface area contributed by atoms with Crippen molar-refractivity contribution < 1.29 is 4.74 Å². The van der Waals surface area contributed by atoms with Gasteiger partial charge in [-0.05, 0) is 30.9 Å². The number of rotatable bonds is 4. The van der Waals surface area contributed by atoms with Crippen molar-refractivity contribution in [1.29, 1.82) is 0 Å². The van der Waals surface area contributed by atoms with E-state index in [0.717, 1.165) is 0 Å². The van der Waals surface area contributed by atoms with Crippen LogP contribution in [0.5, 0.6) is 0 Å². The molecule has 0 fully saturated rings. The van der Waals surface area contributed by atoms with E-state index in [2.05, 4.69) is 45.9 Å². The van der Waals surface area contributed by atoms with Gasteiger partial charge in [-0.15, -0.1) is 0 Å². The van der Waals surface area contributed by atoms with E-state index in [1.165, 1.54) is 16.7 Å². The summed E-state index contributed by atoms with van der Waals surface area (Å²) in [6.07, 6.45) is 0.0707. The van der Waals surface area contributed by atoms with Gasteiger partial charge in [0.1, 0.15) is 0 Å². The highest BCUT2D eigenvalue weighted by atomic mass is 16.5. The largest absolute Gasteiger partial charge is 0.379 e. The van der Waals surface area contributed by atoms with Gasteiger partial charge in [-0.3, -0.25) is 0 Å². The number of benzene rings is 1. The molecule has 0 aliphatic heterocycles. The van der Waals surface area contributed by atoms with Crippen molar-refractivity contribution in [2.75, 3.05) is 7.11 Å². The molecule has 2 atom stereocenters. The van der Waals surface area contributed by atoms with Crippen LogP contribution >= 0.6 is 0 Å². The van der Waals surface area contributed by atoms with E-state index in [1.807, 2.05) is 0 Å². The third-order valence-electron chi connectivity index (χ3n) is 3.07. The standard InChI is InChI=1S/C14H23NO/c1-9(2)14(16-5)13(15)12-7-6-10(3)8-11(12)4/h6-9,13-14H,15H2,1-5H3. The van der Waals surface area contributed by atoms with Crippen LogP contribution in [0.1, 0.15) is 36.6 Å². The molecule has 1 aromatic carbocycles. The van der Waals surface area contributed by atoms with E-state index in [0.29, 0.717) is 5.92 Å². The summed E-state index contributed by atoms with van der Waals surface area (Å²) in [4.78, 5) is 0. The summed E-state index contributed by atoms with van der Waals surface area (Å²) < 4.78 is 5.49. The van der Waals surface area contributed by atoms with Crippen LogP contribution in [-0.2, 0) is 4.74 Å². The quantitative estimate of drug-likeness (QED) is 0.848. The highest BCUT2D eigenvalue weighted by Gasteiger charge is 2.23. The third kappa shape index (κ3) is 2.83. The lowest BCUT2D eigenvalue weighted by Gasteiger charge is -2.27. The lowest BCUT2D eigenvalue weighted by molar-refractivity contribution is 0.0435. The summed E-state index contributed by atoms with van der Waals surface area (Å²) in [5, 5.41) is 0. The van der Waals surface area contributed by atoms with Crippen LogP contribution in [0.2, 0.25) is 0 Å². The zero-order valence-corrected chi connectivity index (χ0v) is 10.9. The van der Waals surface area contributed by atoms with Crippen LogP contribution in [0.4, 0.5) is 0 Å². The summed E-state index contributed by atoms with van der Waals surface area (Å²) in [5.74, 6) is 0.417.